The molecule has 2 aromatic rings. The molecule has 20 heavy (non-hydrogen) atoms. The Kier molecular flexibility index (Phi) is 4.18. The first-order valence-electron chi connectivity index (χ1n) is 5.33. The zero-order valence-electron chi connectivity index (χ0n) is 9.85. The van der Waals surface area contributed by atoms with Gasteiger partial charge in [0.05, 0.1) is 0 Å². The predicted octanol–water partition coefficient (Wildman–Crippen LogP) is 2.57. The van der Waals surface area contributed by atoms with Crippen molar-refractivity contribution in [3.05, 3.63) is 35.3 Å². The van der Waals surface area contributed by atoms with Crippen molar-refractivity contribution in [3.63, 3.8) is 0 Å². The number of aromatic nitrogens is 2. The number of benzene rings is 1. The molecule has 5 nitrogen and oxygen atoms in total. The van der Waals surface area contributed by atoms with Gasteiger partial charge in [-0.05, 0) is 12.1 Å². The van der Waals surface area contributed by atoms with Crippen LogP contribution < -0.4 is 10.1 Å². The predicted molar refractivity (Wildman–Crippen MR) is 65.5 cm³/mol. The fourth-order valence-electron chi connectivity index (χ4n) is 1.21. The lowest BCUT2D eigenvalue weighted by Gasteiger charge is -2.04. The third kappa shape index (κ3) is 3.92. The first-order chi connectivity index (χ1) is 9.45. The number of halogens is 3. The second-order valence-electron chi connectivity index (χ2n) is 3.56. The lowest BCUT2D eigenvalue weighted by Crippen LogP contribution is -2.20. The molecular weight excluding hydrogens is 295 g/mol. The molecule has 2 rings (SSSR count). The summed E-state index contributed by atoms with van der Waals surface area (Å²) in [6.07, 6.45) is -4.57. The van der Waals surface area contributed by atoms with Crippen molar-refractivity contribution < 1.29 is 22.7 Å². The highest BCUT2D eigenvalue weighted by Gasteiger charge is 2.35. The number of hydrogen-bond acceptors (Lipinski definition) is 5. The number of nitrogens with zero attached hydrogens (tertiary/aromatic N) is 2. The Morgan fingerprint density at radius 3 is 2.55 bits per heavy atom. The first kappa shape index (κ1) is 14.3. The fraction of sp³-hybridized carbons (Fsp3) is 0.182. The average molecular weight is 303 g/mol. The van der Waals surface area contributed by atoms with Gasteiger partial charge in [-0.15, -0.1) is 10.2 Å². The van der Waals surface area contributed by atoms with Crippen LogP contribution in [0.25, 0.3) is 0 Å². The van der Waals surface area contributed by atoms with Gasteiger partial charge in [0.15, 0.2) is 6.61 Å². The molecule has 0 unspecified atom stereocenters. The quantitative estimate of drug-likeness (QED) is 0.943. The van der Waals surface area contributed by atoms with E-state index in [-0.39, 0.29) is 23.1 Å². The van der Waals surface area contributed by atoms with Gasteiger partial charge in [-0.2, -0.15) is 13.2 Å². The number of nitrogens with one attached hydrogen (secondary N) is 1. The molecule has 0 radical (unpaired) electrons. The Hall–Kier alpha value is -2.16. The van der Waals surface area contributed by atoms with E-state index < -0.39 is 17.1 Å². The van der Waals surface area contributed by atoms with Crippen LogP contribution in [-0.4, -0.2) is 22.7 Å². The summed E-state index contributed by atoms with van der Waals surface area (Å²) in [6.45, 7) is -0.328. The van der Waals surface area contributed by atoms with Crippen molar-refractivity contribution in [2.75, 3.05) is 11.9 Å². The van der Waals surface area contributed by atoms with Crippen molar-refractivity contribution in [3.8, 4) is 5.75 Å². The molecular formula is C11H8F3N3O2S. The highest BCUT2D eigenvalue weighted by molar-refractivity contribution is 7.15. The Bertz CT molecular complexity index is 586. The monoisotopic (exact) mass is 303 g/mol. The molecule has 9 heteroatoms. The van der Waals surface area contributed by atoms with E-state index in [9.17, 15) is 18.0 Å². The largest absolute Gasteiger partial charge is 0.484 e. The molecule has 1 aromatic carbocycles. The van der Waals surface area contributed by atoms with Crippen LogP contribution in [-0.2, 0) is 11.0 Å². The normalized spacial score (nSPS) is 11.2. The van der Waals surface area contributed by atoms with Crippen molar-refractivity contribution in [2.45, 2.75) is 6.18 Å². The maximum Gasteiger partial charge on any atom is 0.445 e. The second-order valence-corrected chi connectivity index (χ2v) is 4.54. The average Bonchev–Trinajstić information content (AvgIpc) is 2.86. The molecule has 0 atom stereocenters. The van der Waals surface area contributed by atoms with Crippen LogP contribution in [0.1, 0.15) is 5.01 Å². The van der Waals surface area contributed by atoms with Crippen molar-refractivity contribution in [2.24, 2.45) is 0 Å². The van der Waals surface area contributed by atoms with E-state index in [2.05, 4.69) is 15.5 Å². The highest BCUT2D eigenvalue weighted by atomic mass is 32.1. The maximum absolute atomic E-state index is 12.3. The van der Waals surface area contributed by atoms with Crippen LogP contribution >= 0.6 is 11.3 Å². The number of ether oxygens (including phenoxy) is 1. The Morgan fingerprint density at radius 2 is 1.95 bits per heavy atom. The van der Waals surface area contributed by atoms with Gasteiger partial charge in [0.1, 0.15) is 5.75 Å². The van der Waals surface area contributed by atoms with Gasteiger partial charge >= 0.3 is 6.18 Å². The van der Waals surface area contributed by atoms with Gasteiger partial charge in [-0.3, -0.25) is 10.1 Å². The summed E-state index contributed by atoms with van der Waals surface area (Å²) in [5.41, 5.74) is 0. The maximum atomic E-state index is 12.3. The number of anilines is 1. The van der Waals surface area contributed by atoms with Gasteiger partial charge in [0, 0.05) is 0 Å². The third-order valence-corrected chi connectivity index (χ3v) is 2.91. The molecule has 0 saturated heterocycles. The standard InChI is InChI=1S/C11H8F3N3O2S/c12-11(13,14)9-16-17-10(20-9)15-8(18)6-19-7-4-2-1-3-5-7/h1-5H,6H2,(H,15,17,18). The molecule has 1 amide bonds. The van der Waals surface area contributed by atoms with Crippen LogP contribution in [0.15, 0.2) is 30.3 Å². The number of carbonyl (C=O) groups is 1. The molecule has 0 aliphatic rings. The summed E-state index contributed by atoms with van der Waals surface area (Å²) < 4.78 is 42.0. The molecule has 0 fully saturated rings. The zero-order valence-corrected chi connectivity index (χ0v) is 10.7. The summed E-state index contributed by atoms with van der Waals surface area (Å²) in [7, 11) is 0. The Morgan fingerprint density at radius 1 is 1.25 bits per heavy atom. The van der Waals surface area contributed by atoms with Crippen LogP contribution in [0.4, 0.5) is 18.3 Å². The van der Waals surface area contributed by atoms with Gasteiger partial charge in [0.2, 0.25) is 10.1 Å². The van der Waals surface area contributed by atoms with Crippen molar-refractivity contribution in [1.82, 2.24) is 10.2 Å². The van der Waals surface area contributed by atoms with Crippen molar-refractivity contribution >= 4 is 22.4 Å². The lowest BCUT2D eigenvalue weighted by atomic mass is 10.3. The molecule has 0 aliphatic heterocycles. The number of alkyl halides is 3. The fourth-order valence-corrected chi connectivity index (χ4v) is 1.84. The minimum atomic E-state index is -4.57. The number of rotatable bonds is 4. The van der Waals surface area contributed by atoms with E-state index in [4.69, 9.17) is 4.74 Å². The second kappa shape index (κ2) is 5.87. The van der Waals surface area contributed by atoms with Crippen LogP contribution in [0.5, 0.6) is 5.75 Å². The number of para-hydroxylation sites is 1. The van der Waals surface area contributed by atoms with Gasteiger partial charge in [-0.25, -0.2) is 0 Å². The molecule has 0 bridgehead atoms. The minimum Gasteiger partial charge on any atom is -0.484 e. The summed E-state index contributed by atoms with van der Waals surface area (Å²) in [6, 6.07) is 8.55. The van der Waals surface area contributed by atoms with Gasteiger partial charge < -0.3 is 4.74 Å². The topological polar surface area (TPSA) is 64.1 Å². The van der Waals surface area contributed by atoms with E-state index in [1.807, 2.05) is 0 Å². The Balaban J connectivity index is 1.87. The molecule has 106 valence electrons. The van der Waals surface area contributed by atoms with Gasteiger partial charge in [0.25, 0.3) is 5.91 Å². The van der Waals surface area contributed by atoms with E-state index in [0.717, 1.165) is 0 Å². The van der Waals surface area contributed by atoms with E-state index in [1.54, 1.807) is 30.3 Å². The number of carbonyl (C=O) groups excluding carboxylic acids is 1. The highest BCUT2D eigenvalue weighted by Crippen LogP contribution is 2.32. The van der Waals surface area contributed by atoms with Crippen LogP contribution in [0.2, 0.25) is 0 Å². The molecule has 0 aliphatic carbocycles. The summed E-state index contributed by atoms with van der Waals surface area (Å²) in [5.74, 6) is -0.130. The van der Waals surface area contributed by atoms with Crippen LogP contribution in [0, 0.1) is 0 Å². The minimum absolute atomic E-state index is 0.223. The van der Waals surface area contributed by atoms with Crippen molar-refractivity contribution in [1.29, 1.82) is 0 Å². The smallest absolute Gasteiger partial charge is 0.445 e. The number of hydrogen-bond donors (Lipinski definition) is 1. The first-order valence-corrected chi connectivity index (χ1v) is 6.15. The molecule has 1 heterocycles. The molecule has 0 spiro atoms. The van der Waals surface area contributed by atoms with E-state index >= 15 is 0 Å². The SMILES string of the molecule is O=C(COc1ccccc1)Nc1nnc(C(F)(F)F)s1. The third-order valence-electron chi connectivity index (χ3n) is 2.03. The van der Waals surface area contributed by atoms with E-state index in [1.165, 1.54) is 0 Å². The van der Waals surface area contributed by atoms with E-state index in [0.29, 0.717) is 5.75 Å². The molecule has 1 N–H and O–H groups in total. The molecule has 0 saturated carbocycles. The Labute approximate surface area is 115 Å². The lowest BCUT2D eigenvalue weighted by molar-refractivity contribution is -0.138. The summed E-state index contributed by atoms with van der Waals surface area (Å²) in [5, 5.41) is 7.03. The van der Waals surface area contributed by atoms with Gasteiger partial charge in [-0.1, -0.05) is 29.5 Å². The summed E-state index contributed by atoms with van der Waals surface area (Å²) >= 11 is 0.255. The zero-order chi connectivity index (χ0) is 14.6. The number of amides is 1. The van der Waals surface area contributed by atoms with Crippen LogP contribution in [0.3, 0.4) is 0 Å². The summed E-state index contributed by atoms with van der Waals surface area (Å²) in [4.78, 5) is 11.5. The molecule has 1 aromatic heterocycles.